The van der Waals surface area contributed by atoms with E-state index >= 15 is 0 Å². The smallest absolute Gasteiger partial charge is 0.248 e. The maximum atomic E-state index is 12.6. The summed E-state index contributed by atoms with van der Waals surface area (Å²) in [5.41, 5.74) is 2.29. The Hall–Kier alpha value is -3.86. The summed E-state index contributed by atoms with van der Waals surface area (Å²) in [5.74, 6) is 0.477. The van der Waals surface area contributed by atoms with Crippen molar-refractivity contribution in [2.45, 2.75) is 0 Å². The fraction of sp³-hybridized carbons (Fsp3) is 0.0435. The fourth-order valence-electron chi connectivity index (χ4n) is 2.95. The van der Waals surface area contributed by atoms with E-state index in [0.29, 0.717) is 27.6 Å². The highest BCUT2D eigenvalue weighted by Gasteiger charge is 2.08. The number of fused-ring (bicyclic) bond motifs is 2. The second-order valence-corrected chi connectivity index (χ2v) is 6.23. The molecule has 0 aliphatic heterocycles. The Morgan fingerprint density at radius 1 is 0.964 bits per heavy atom. The molecule has 0 atom stereocenters. The van der Waals surface area contributed by atoms with Gasteiger partial charge in [0.2, 0.25) is 11.3 Å². The fourth-order valence-corrected chi connectivity index (χ4v) is 2.95. The third kappa shape index (κ3) is 3.50. The zero-order valence-corrected chi connectivity index (χ0v) is 15.1. The third-order valence-corrected chi connectivity index (χ3v) is 4.39. The topological polar surface area (TPSA) is 68.5 Å². The molecule has 0 spiro atoms. The van der Waals surface area contributed by atoms with Crippen LogP contribution in [0.3, 0.4) is 0 Å². The zero-order valence-electron chi connectivity index (χ0n) is 15.1. The van der Waals surface area contributed by atoms with E-state index in [1.807, 2.05) is 30.3 Å². The summed E-state index contributed by atoms with van der Waals surface area (Å²) < 4.78 is 10.9. The lowest BCUT2D eigenvalue weighted by molar-refractivity contribution is -0.111. The molecule has 1 N–H and O–H groups in total. The number of hydrogen-bond donors (Lipinski definition) is 1. The normalized spacial score (nSPS) is 11.2. The predicted molar refractivity (Wildman–Crippen MR) is 111 cm³/mol. The molecule has 4 aromatic rings. The third-order valence-electron chi connectivity index (χ3n) is 4.39. The molecule has 5 heteroatoms. The maximum Gasteiger partial charge on any atom is 0.248 e. The Balaban J connectivity index is 1.57. The van der Waals surface area contributed by atoms with Gasteiger partial charge in [-0.1, -0.05) is 24.3 Å². The molecule has 0 saturated heterocycles. The number of para-hydroxylation sites is 1. The van der Waals surface area contributed by atoms with Gasteiger partial charge in [0.1, 0.15) is 16.9 Å². The van der Waals surface area contributed by atoms with Crippen molar-refractivity contribution in [1.82, 2.24) is 0 Å². The highest BCUT2D eigenvalue weighted by molar-refractivity contribution is 6.03. The van der Waals surface area contributed by atoms with Gasteiger partial charge in [0.15, 0.2) is 0 Å². The van der Waals surface area contributed by atoms with Gasteiger partial charge in [0, 0.05) is 17.8 Å². The van der Waals surface area contributed by atoms with Gasteiger partial charge in [0.05, 0.1) is 17.9 Å². The minimum atomic E-state index is -0.279. The van der Waals surface area contributed by atoms with Gasteiger partial charge in [-0.2, -0.15) is 0 Å². The van der Waals surface area contributed by atoms with Gasteiger partial charge in [-0.05, 0) is 48.0 Å². The largest absolute Gasteiger partial charge is 0.497 e. The van der Waals surface area contributed by atoms with Gasteiger partial charge in [0.25, 0.3) is 0 Å². The average molecular weight is 371 g/mol. The molecule has 1 heterocycles. The van der Waals surface area contributed by atoms with Crippen molar-refractivity contribution in [3.05, 3.63) is 88.6 Å². The number of ether oxygens (including phenoxy) is 1. The monoisotopic (exact) mass is 371 g/mol. The molecule has 0 unspecified atom stereocenters. The molecule has 1 aromatic heterocycles. The van der Waals surface area contributed by atoms with Crippen LogP contribution < -0.4 is 15.5 Å². The molecule has 0 aliphatic rings. The minimum Gasteiger partial charge on any atom is -0.497 e. The Morgan fingerprint density at radius 2 is 1.71 bits per heavy atom. The summed E-state index contributed by atoms with van der Waals surface area (Å²) in [5, 5.41) is 3.80. The molecule has 0 fully saturated rings. The lowest BCUT2D eigenvalue weighted by atomic mass is 10.1. The quantitative estimate of drug-likeness (QED) is 0.420. The summed E-state index contributed by atoms with van der Waals surface area (Å²) >= 11 is 0. The number of carbonyl (C=O) groups excluding carboxylic acids is 1. The molecule has 138 valence electrons. The van der Waals surface area contributed by atoms with E-state index in [0.717, 1.165) is 11.3 Å². The SMILES string of the molecule is COc1ccc(/C=C/C(=O)Nc2ccc3c(=O)c4ccccc4oc3c2)cc1. The second kappa shape index (κ2) is 7.40. The van der Waals surface area contributed by atoms with Crippen molar-refractivity contribution in [1.29, 1.82) is 0 Å². The summed E-state index contributed by atoms with van der Waals surface area (Å²) in [7, 11) is 1.60. The second-order valence-electron chi connectivity index (χ2n) is 6.23. The van der Waals surface area contributed by atoms with Crippen LogP contribution in [0.5, 0.6) is 5.75 Å². The molecule has 0 saturated carbocycles. The average Bonchev–Trinajstić information content (AvgIpc) is 2.73. The van der Waals surface area contributed by atoms with Crippen LogP contribution in [0, 0.1) is 0 Å². The molecule has 5 nitrogen and oxygen atoms in total. The van der Waals surface area contributed by atoms with Gasteiger partial charge >= 0.3 is 0 Å². The van der Waals surface area contributed by atoms with Crippen LogP contribution in [-0.4, -0.2) is 13.0 Å². The van der Waals surface area contributed by atoms with E-state index < -0.39 is 0 Å². The number of carbonyl (C=O) groups is 1. The first kappa shape index (κ1) is 17.5. The summed E-state index contributed by atoms with van der Waals surface area (Å²) in [6, 6.07) is 19.5. The summed E-state index contributed by atoms with van der Waals surface area (Å²) in [6.45, 7) is 0. The van der Waals surface area contributed by atoms with Crippen molar-refractivity contribution in [2.24, 2.45) is 0 Å². The van der Waals surface area contributed by atoms with Gasteiger partial charge in [-0.25, -0.2) is 0 Å². The number of rotatable bonds is 4. The molecule has 1 amide bonds. The van der Waals surface area contributed by atoms with Crippen molar-refractivity contribution < 1.29 is 13.9 Å². The number of hydrogen-bond acceptors (Lipinski definition) is 4. The predicted octanol–water partition coefficient (Wildman–Crippen LogP) is 4.61. The maximum absolute atomic E-state index is 12.6. The van der Waals surface area contributed by atoms with Crippen LogP contribution in [-0.2, 0) is 4.79 Å². The van der Waals surface area contributed by atoms with Crippen LogP contribution in [0.25, 0.3) is 28.0 Å². The first-order valence-electron chi connectivity index (χ1n) is 8.73. The van der Waals surface area contributed by atoms with Gasteiger partial charge in [-0.15, -0.1) is 0 Å². The summed E-state index contributed by atoms with van der Waals surface area (Å²) in [6.07, 6.45) is 3.16. The molecule has 28 heavy (non-hydrogen) atoms. The highest BCUT2D eigenvalue weighted by atomic mass is 16.5. The van der Waals surface area contributed by atoms with Crippen molar-refractivity contribution in [3.8, 4) is 5.75 Å². The highest BCUT2D eigenvalue weighted by Crippen LogP contribution is 2.21. The first-order chi connectivity index (χ1) is 13.6. The lowest BCUT2D eigenvalue weighted by Crippen LogP contribution is -2.08. The van der Waals surface area contributed by atoms with Crippen molar-refractivity contribution in [2.75, 3.05) is 12.4 Å². The Bertz CT molecular complexity index is 1250. The lowest BCUT2D eigenvalue weighted by Gasteiger charge is -2.05. The molecule has 0 aliphatic carbocycles. The number of methoxy groups -OCH3 is 1. The first-order valence-corrected chi connectivity index (χ1v) is 8.73. The number of nitrogens with one attached hydrogen (secondary N) is 1. The van der Waals surface area contributed by atoms with Gasteiger partial charge < -0.3 is 14.5 Å². The van der Waals surface area contributed by atoms with Crippen molar-refractivity contribution >= 4 is 39.6 Å². The van der Waals surface area contributed by atoms with Crippen LogP contribution in [0.15, 0.2) is 82.0 Å². The molecule has 4 rings (SSSR count). The molecular weight excluding hydrogens is 354 g/mol. The number of anilines is 1. The molecule has 0 bridgehead atoms. The van der Waals surface area contributed by atoms with Crippen LogP contribution in [0.2, 0.25) is 0 Å². The van der Waals surface area contributed by atoms with Crippen LogP contribution >= 0.6 is 0 Å². The molecular formula is C23H17NO4. The van der Waals surface area contributed by atoms with Crippen LogP contribution in [0.1, 0.15) is 5.56 Å². The van der Waals surface area contributed by atoms with E-state index in [9.17, 15) is 9.59 Å². The molecule has 3 aromatic carbocycles. The molecule has 0 radical (unpaired) electrons. The Morgan fingerprint density at radius 3 is 2.50 bits per heavy atom. The zero-order chi connectivity index (χ0) is 19.5. The Labute approximate surface area is 160 Å². The van der Waals surface area contributed by atoms with E-state index in [1.54, 1.807) is 49.6 Å². The summed E-state index contributed by atoms with van der Waals surface area (Å²) in [4.78, 5) is 24.8. The van der Waals surface area contributed by atoms with Crippen molar-refractivity contribution in [3.63, 3.8) is 0 Å². The Kier molecular flexibility index (Phi) is 4.64. The van der Waals surface area contributed by atoms with E-state index in [-0.39, 0.29) is 11.3 Å². The van der Waals surface area contributed by atoms with Gasteiger partial charge in [-0.3, -0.25) is 9.59 Å². The number of benzene rings is 3. The minimum absolute atomic E-state index is 0.0888. The van der Waals surface area contributed by atoms with E-state index in [2.05, 4.69) is 5.32 Å². The van der Waals surface area contributed by atoms with E-state index in [4.69, 9.17) is 9.15 Å². The standard InChI is InChI=1S/C23H17NO4/c1-27-17-10-6-15(7-11-17)8-13-22(25)24-16-9-12-19-21(14-16)28-20-5-3-2-4-18(20)23(19)26/h2-14H,1H3,(H,24,25)/b13-8+. The number of amides is 1. The van der Waals surface area contributed by atoms with E-state index in [1.165, 1.54) is 6.08 Å². The van der Waals surface area contributed by atoms with Crippen LogP contribution in [0.4, 0.5) is 5.69 Å².